The molecule has 2 rings (SSSR count). The molecule has 19 heavy (non-hydrogen) atoms. The van der Waals surface area contributed by atoms with Gasteiger partial charge in [0.05, 0.1) is 0 Å². The predicted octanol–water partition coefficient (Wildman–Crippen LogP) is 2.51. The maximum Gasteiger partial charge on any atom is 0.0494 e. The Morgan fingerprint density at radius 2 is 2.16 bits per heavy atom. The molecule has 1 heterocycles. The number of piperidine rings is 1. The molecule has 2 aliphatic rings. The van der Waals surface area contributed by atoms with Crippen molar-refractivity contribution >= 4 is 0 Å². The van der Waals surface area contributed by atoms with Crippen LogP contribution >= 0.6 is 0 Å². The summed E-state index contributed by atoms with van der Waals surface area (Å²) >= 11 is 0. The van der Waals surface area contributed by atoms with Crippen molar-refractivity contribution in [2.24, 2.45) is 11.8 Å². The lowest BCUT2D eigenvalue weighted by atomic mass is 9.91. The monoisotopic (exact) mass is 268 g/mol. The molecule has 1 saturated heterocycles. The molecule has 1 aliphatic heterocycles. The van der Waals surface area contributed by atoms with Crippen molar-refractivity contribution < 1.29 is 4.74 Å². The third-order valence-corrected chi connectivity index (χ3v) is 4.68. The van der Waals surface area contributed by atoms with Gasteiger partial charge in [-0.1, -0.05) is 6.92 Å². The first-order valence-electron chi connectivity index (χ1n) is 8.33. The topological polar surface area (TPSA) is 24.5 Å². The van der Waals surface area contributed by atoms with Gasteiger partial charge in [0.1, 0.15) is 0 Å². The summed E-state index contributed by atoms with van der Waals surface area (Å²) in [5.41, 5.74) is 0. The summed E-state index contributed by atoms with van der Waals surface area (Å²) in [6.07, 6.45) is 6.70. The fraction of sp³-hybridized carbons (Fsp3) is 1.00. The third kappa shape index (κ3) is 5.80. The Labute approximate surface area is 119 Å². The lowest BCUT2D eigenvalue weighted by Crippen LogP contribution is -2.44. The number of rotatable bonds is 9. The summed E-state index contributed by atoms with van der Waals surface area (Å²) in [6.45, 7) is 11.5. The van der Waals surface area contributed by atoms with Crippen LogP contribution in [0.15, 0.2) is 0 Å². The zero-order chi connectivity index (χ0) is 13.5. The lowest BCUT2D eigenvalue weighted by Gasteiger charge is -2.35. The van der Waals surface area contributed by atoms with E-state index in [2.05, 4.69) is 24.1 Å². The van der Waals surface area contributed by atoms with Crippen molar-refractivity contribution in [1.82, 2.24) is 10.2 Å². The second-order valence-corrected chi connectivity index (χ2v) is 6.41. The minimum Gasteiger partial charge on any atom is -0.381 e. The third-order valence-electron chi connectivity index (χ3n) is 4.68. The number of hydrogen-bond acceptors (Lipinski definition) is 3. The molecule has 0 aromatic heterocycles. The van der Waals surface area contributed by atoms with E-state index in [0.717, 1.165) is 38.0 Å². The highest BCUT2D eigenvalue weighted by molar-refractivity contribution is 4.80. The molecular weight excluding hydrogens is 236 g/mol. The molecule has 2 atom stereocenters. The van der Waals surface area contributed by atoms with Gasteiger partial charge in [0, 0.05) is 25.8 Å². The molecule has 1 N–H and O–H groups in total. The summed E-state index contributed by atoms with van der Waals surface area (Å²) in [7, 11) is 0. The smallest absolute Gasteiger partial charge is 0.0494 e. The van der Waals surface area contributed by atoms with Gasteiger partial charge in [-0.05, 0) is 70.5 Å². The quantitative estimate of drug-likeness (QED) is 0.650. The Balaban J connectivity index is 1.49. The van der Waals surface area contributed by atoms with E-state index in [-0.39, 0.29) is 0 Å². The van der Waals surface area contributed by atoms with Gasteiger partial charge in [0.2, 0.25) is 0 Å². The standard InChI is InChI=1S/C16H32N2O/c1-3-18-10-4-6-16(12-18)14(2)17-9-5-11-19-13-15-7-8-15/h14-17H,3-13H2,1-2H3. The van der Waals surface area contributed by atoms with E-state index in [1.165, 1.54) is 45.3 Å². The van der Waals surface area contributed by atoms with E-state index >= 15 is 0 Å². The van der Waals surface area contributed by atoms with Crippen molar-refractivity contribution in [3.8, 4) is 0 Å². The minimum absolute atomic E-state index is 0.651. The lowest BCUT2D eigenvalue weighted by molar-refractivity contribution is 0.118. The van der Waals surface area contributed by atoms with Crippen LogP contribution in [0.4, 0.5) is 0 Å². The molecule has 0 bridgehead atoms. The van der Waals surface area contributed by atoms with E-state index in [1.807, 2.05) is 0 Å². The predicted molar refractivity (Wildman–Crippen MR) is 80.5 cm³/mol. The van der Waals surface area contributed by atoms with Crippen LogP contribution in [-0.2, 0) is 4.74 Å². The van der Waals surface area contributed by atoms with Crippen molar-refractivity contribution in [1.29, 1.82) is 0 Å². The Kier molecular flexibility index (Phi) is 6.62. The largest absolute Gasteiger partial charge is 0.381 e. The van der Waals surface area contributed by atoms with Crippen LogP contribution in [0.25, 0.3) is 0 Å². The molecule has 1 aliphatic carbocycles. The number of hydrogen-bond donors (Lipinski definition) is 1. The van der Waals surface area contributed by atoms with Crippen LogP contribution in [0, 0.1) is 11.8 Å². The van der Waals surface area contributed by atoms with Gasteiger partial charge in [0.15, 0.2) is 0 Å². The second-order valence-electron chi connectivity index (χ2n) is 6.41. The van der Waals surface area contributed by atoms with Gasteiger partial charge in [-0.25, -0.2) is 0 Å². The highest BCUT2D eigenvalue weighted by Crippen LogP contribution is 2.28. The Hall–Kier alpha value is -0.120. The number of nitrogens with zero attached hydrogens (tertiary/aromatic N) is 1. The van der Waals surface area contributed by atoms with Crippen LogP contribution in [0.2, 0.25) is 0 Å². The van der Waals surface area contributed by atoms with E-state index in [4.69, 9.17) is 4.74 Å². The zero-order valence-corrected chi connectivity index (χ0v) is 12.9. The first kappa shape index (κ1) is 15.3. The van der Waals surface area contributed by atoms with Gasteiger partial charge in [0.25, 0.3) is 0 Å². The van der Waals surface area contributed by atoms with E-state index < -0.39 is 0 Å². The van der Waals surface area contributed by atoms with Gasteiger partial charge >= 0.3 is 0 Å². The van der Waals surface area contributed by atoms with Gasteiger partial charge in [-0.2, -0.15) is 0 Å². The summed E-state index contributed by atoms with van der Waals surface area (Å²) < 4.78 is 5.67. The number of likely N-dealkylation sites (tertiary alicyclic amines) is 1. The van der Waals surface area contributed by atoms with E-state index in [0.29, 0.717) is 6.04 Å². The molecule has 0 spiro atoms. The van der Waals surface area contributed by atoms with Crippen LogP contribution in [0.3, 0.4) is 0 Å². The molecule has 112 valence electrons. The molecule has 3 nitrogen and oxygen atoms in total. The Morgan fingerprint density at radius 1 is 1.32 bits per heavy atom. The number of nitrogens with one attached hydrogen (secondary N) is 1. The summed E-state index contributed by atoms with van der Waals surface area (Å²) in [6, 6.07) is 0.651. The van der Waals surface area contributed by atoms with Crippen LogP contribution in [0.5, 0.6) is 0 Å². The van der Waals surface area contributed by atoms with Crippen molar-refractivity contribution in [3.63, 3.8) is 0 Å². The number of ether oxygens (including phenoxy) is 1. The molecule has 1 saturated carbocycles. The van der Waals surface area contributed by atoms with Crippen molar-refractivity contribution in [2.75, 3.05) is 39.4 Å². The highest BCUT2D eigenvalue weighted by Gasteiger charge is 2.23. The molecule has 0 amide bonds. The average molecular weight is 268 g/mol. The van der Waals surface area contributed by atoms with Crippen LogP contribution in [0.1, 0.15) is 46.0 Å². The van der Waals surface area contributed by atoms with E-state index in [9.17, 15) is 0 Å². The summed E-state index contributed by atoms with van der Waals surface area (Å²) in [4.78, 5) is 2.59. The minimum atomic E-state index is 0.651. The zero-order valence-electron chi connectivity index (χ0n) is 12.9. The molecule has 0 aromatic rings. The Bertz CT molecular complexity index is 243. The first-order valence-corrected chi connectivity index (χ1v) is 8.33. The SMILES string of the molecule is CCN1CCCC(C(C)NCCCOCC2CC2)C1. The van der Waals surface area contributed by atoms with E-state index in [1.54, 1.807) is 0 Å². The molecule has 0 radical (unpaired) electrons. The average Bonchev–Trinajstić information content (AvgIpc) is 3.26. The molecular formula is C16H32N2O. The van der Waals surface area contributed by atoms with Crippen LogP contribution < -0.4 is 5.32 Å². The fourth-order valence-corrected chi connectivity index (χ4v) is 2.99. The van der Waals surface area contributed by atoms with Gasteiger partial charge in [-0.3, -0.25) is 0 Å². The molecule has 2 fully saturated rings. The maximum absolute atomic E-state index is 5.67. The molecule has 2 unspecified atom stereocenters. The summed E-state index contributed by atoms with van der Waals surface area (Å²) in [5.74, 6) is 1.73. The Morgan fingerprint density at radius 3 is 2.89 bits per heavy atom. The molecule has 3 heteroatoms. The van der Waals surface area contributed by atoms with Crippen molar-refractivity contribution in [3.05, 3.63) is 0 Å². The van der Waals surface area contributed by atoms with Crippen molar-refractivity contribution in [2.45, 2.75) is 52.0 Å². The second kappa shape index (κ2) is 8.23. The van der Waals surface area contributed by atoms with Gasteiger partial charge < -0.3 is 15.0 Å². The summed E-state index contributed by atoms with van der Waals surface area (Å²) in [5, 5.41) is 3.69. The van der Waals surface area contributed by atoms with Gasteiger partial charge in [-0.15, -0.1) is 0 Å². The fourth-order valence-electron chi connectivity index (χ4n) is 2.99. The molecule has 0 aromatic carbocycles. The first-order chi connectivity index (χ1) is 9.29. The normalized spacial score (nSPS) is 26.5. The highest BCUT2D eigenvalue weighted by atomic mass is 16.5. The van der Waals surface area contributed by atoms with Crippen LogP contribution in [-0.4, -0.2) is 50.3 Å². The maximum atomic E-state index is 5.67.